The average Bonchev–Trinajstić information content (AvgIpc) is 2.56. The van der Waals surface area contributed by atoms with Gasteiger partial charge in [0.05, 0.1) is 5.69 Å². The summed E-state index contributed by atoms with van der Waals surface area (Å²) in [5, 5.41) is 4.71. The number of nitrogens with one attached hydrogen (secondary N) is 2. The predicted octanol–water partition coefficient (Wildman–Crippen LogP) is 3.47. The van der Waals surface area contributed by atoms with Gasteiger partial charge in [-0.25, -0.2) is 13.2 Å². The monoisotopic (exact) mass is 352 g/mol. The SMILES string of the molecule is CC(=O)Nc1ccc(OC(C)C(=O)Nc2ccc(F)c(F)c2F)cc1. The van der Waals surface area contributed by atoms with Crippen LogP contribution >= 0.6 is 0 Å². The number of benzene rings is 2. The Morgan fingerprint density at radius 3 is 2.20 bits per heavy atom. The number of amides is 2. The van der Waals surface area contributed by atoms with Crippen LogP contribution in [0.3, 0.4) is 0 Å². The van der Waals surface area contributed by atoms with Gasteiger partial charge < -0.3 is 15.4 Å². The molecule has 25 heavy (non-hydrogen) atoms. The van der Waals surface area contributed by atoms with Crippen molar-refractivity contribution in [2.75, 3.05) is 10.6 Å². The first-order chi connectivity index (χ1) is 11.8. The Balaban J connectivity index is 2.01. The number of carbonyl (C=O) groups excluding carboxylic acids is 2. The van der Waals surface area contributed by atoms with Crippen LogP contribution in [0.15, 0.2) is 36.4 Å². The van der Waals surface area contributed by atoms with Gasteiger partial charge in [-0.05, 0) is 43.3 Å². The third-order valence-corrected chi connectivity index (χ3v) is 3.15. The van der Waals surface area contributed by atoms with Crippen molar-refractivity contribution in [1.29, 1.82) is 0 Å². The second-order valence-corrected chi connectivity index (χ2v) is 5.18. The van der Waals surface area contributed by atoms with Gasteiger partial charge in [0.2, 0.25) is 5.91 Å². The largest absolute Gasteiger partial charge is 0.481 e. The second kappa shape index (κ2) is 7.69. The maximum absolute atomic E-state index is 13.6. The number of carbonyl (C=O) groups is 2. The maximum atomic E-state index is 13.6. The van der Waals surface area contributed by atoms with E-state index in [0.717, 1.165) is 6.07 Å². The Morgan fingerprint density at radius 1 is 0.960 bits per heavy atom. The van der Waals surface area contributed by atoms with Crippen LogP contribution in [-0.2, 0) is 9.59 Å². The predicted molar refractivity (Wildman–Crippen MR) is 85.8 cm³/mol. The fraction of sp³-hybridized carbons (Fsp3) is 0.176. The minimum atomic E-state index is -1.67. The van der Waals surface area contributed by atoms with Crippen LogP contribution in [-0.4, -0.2) is 17.9 Å². The topological polar surface area (TPSA) is 67.4 Å². The standard InChI is InChI=1S/C17H15F3N2O3/c1-9(25-12-5-3-11(4-6-12)21-10(2)23)17(24)22-14-8-7-13(18)15(19)16(14)20/h3-9H,1-2H3,(H,21,23)(H,22,24). The summed E-state index contributed by atoms with van der Waals surface area (Å²) in [7, 11) is 0. The molecule has 0 saturated carbocycles. The summed E-state index contributed by atoms with van der Waals surface area (Å²) >= 11 is 0. The molecule has 1 unspecified atom stereocenters. The van der Waals surface area contributed by atoms with E-state index < -0.39 is 35.2 Å². The van der Waals surface area contributed by atoms with Crippen molar-refractivity contribution in [2.45, 2.75) is 20.0 Å². The molecule has 2 aromatic rings. The summed E-state index contributed by atoms with van der Waals surface area (Å²) in [6.45, 7) is 2.78. The van der Waals surface area contributed by atoms with Crippen molar-refractivity contribution in [3.63, 3.8) is 0 Å². The van der Waals surface area contributed by atoms with E-state index in [1.165, 1.54) is 26.0 Å². The second-order valence-electron chi connectivity index (χ2n) is 5.18. The van der Waals surface area contributed by atoms with Gasteiger partial charge in [-0.2, -0.15) is 0 Å². The van der Waals surface area contributed by atoms with Crippen LogP contribution in [0.2, 0.25) is 0 Å². The van der Waals surface area contributed by atoms with Crippen molar-refractivity contribution in [3.05, 3.63) is 53.8 Å². The third kappa shape index (κ3) is 4.72. The molecular weight excluding hydrogens is 337 g/mol. The van der Waals surface area contributed by atoms with E-state index in [4.69, 9.17) is 4.74 Å². The molecule has 5 nitrogen and oxygen atoms in total. The van der Waals surface area contributed by atoms with E-state index in [2.05, 4.69) is 10.6 Å². The van der Waals surface area contributed by atoms with Gasteiger partial charge in [-0.1, -0.05) is 0 Å². The Hall–Kier alpha value is -3.03. The zero-order chi connectivity index (χ0) is 18.6. The first kappa shape index (κ1) is 18.3. The minimum absolute atomic E-state index is 0.227. The number of anilines is 2. The number of halogens is 3. The molecule has 0 bridgehead atoms. The smallest absolute Gasteiger partial charge is 0.265 e. The molecule has 0 aliphatic rings. The lowest BCUT2D eigenvalue weighted by Gasteiger charge is -2.15. The zero-order valence-corrected chi connectivity index (χ0v) is 13.4. The number of rotatable bonds is 5. The van der Waals surface area contributed by atoms with Crippen LogP contribution < -0.4 is 15.4 Å². The fourth-order valence-corrected chi connectivity index (χ4v) is 1.93. The fourth-order valence-electron chi connectivity index (χ4n) is 1.93. The molecule has 2 aromatic carbocycles. The molecule has 8 heteroatoms. The van der Waals surface area contributed by atoms with Crippen LogP contribution in [0.25, 0.3) is 0 Å². The zero-order valence-electron chi connectivity index (χ0n) is 13.4. The Labute approximate surface area is 141 Å². The lowest BCUT2D eigenvalue weighted by molar-refractivity contribution is -0.122. The summed E-state index contributed by atoms with van der Waals surface area (Å²) < 4.78 is 45.0. The summed E-state index contributed by atoms with van der Waals surface area (Å²) in [4.78, 5) is 22.9. The van der Waals surface area contributed by atoms with E-state index in [9.17, 15) is 22.8 Å². The van der Waals surface area contributed by atoms with Gasteiger partial charge in [-0.3, -0.25) is 9.59 Å². The molecule has 2 amide bonds. The van der Waals surface area contributed by atoms with E-state index in [0.29, 0.717) is 17.5 Å². The van der Waals surface area contributed by atoms with Crippen molar-refractivity contribution in [3.8, 4) is 5.75 Å². The highest BCUT2D eigenvalue weighted by atomic mass is 19.2. The first-order valence-corrected chi connectivity index (χ1v) is 7.26. The lowest BCUT2D eigenvalue weighted by atomic mass is 10.2. The molecule has 0 aromatic heterocycles. The third-order valence-electron chi connectivity index (χ3n) is 3.15. The molecule has 0 fully saturated rings. The van der Waals surface area contributed by atoms with Gasteiger partial charge in [0.15, 0.2) is 23.6 Å². The summed E-state index contributed by atoms with van der Waals surface area (Å²) in [5.74, 6) is -5.13. The van der Waals surface area contributed by atoms with Gasteiger partial charge in [0, 0.05) is 12.6 Å². The van der Waals surface area contributed by atoms with E-state index >= 15 is 0 Å². The Morgan fingerprint density at radius 2 is 1.60 bits per heavy atom. The highest BCUT2D eigenvalue weighted by Crippen LogP contribution is 2.21. The van der Waals surface area contributed by atoms with E-state index in [-0.39, 0.29) is 5.91 Å². The number of ether oxygens (including phenoxy) is 1. The Kier molecular flexibility index (Phi) is 5.63. The molecule has 0 spiro atoms. The minimum Gasteiger partial charge on any atom is -0.481 e. The molecule has 2 rings (SSSR count). The molecular formula is C17H15F3N2O3. The van der Waals surface area contributed by atoms with Crippen LogP contribution in [0.5, 0.6) is 5.75 Å². The first-order valence-electron chi connectivity index (χ1n) is 7.26. The molecule has 0 heterocycles. The normalized spacial score (nSPS) is 11.6. The Bertz CT molecular complexity index is 794. The highest BCUT2D eigenvalue weighted by Gasteiger charge is 2.19. The van der Waals surface area contributed by atoms with Crippen molar-refractivity contribution in [1.82, 2.24) is 0 Å². The van der Waals surface area contributed by atoms with Gasteiger partial charge in [-0.15, -0.1) is 0 Å². The van der Waals surface area contributed by atoms with Crippen LogP contribution in [0.4, 0.5) is 24.5 Å². The van der Waals surface area contributed by atoms with Crippen molar-refractivity contribution < 1.29 is 27.5 Å². The van der Waals surface area contributed by atoms with Crippen molar-refractivity contribution >= 4 is 23.2 Å². The summed E-state index contributed by atoms with van der Waals surface area (Å²) in [6, 6.07) is 7.86. The number of hydrogen-bond donors (Lipinski definition) is 2. The highest BCUT2D eigenvalue weighted by molar-refractivity contribution is 5.94. The summed E-state index contributed by atoms with van der Waals surface area (Å²) in [6.07, 6.45) is -1.03. The molecule has 132 valence electrons. The molecule has 0 radical (unpaired) electrons. The molecule has 1 atom stereocenters. The van der Waals surface area contributed by atoms with E-state index in [1.807, 2.05) is 0 Å². The summed E-state index contributed by atoms with van der Waals surface area (Å²) in [5.41, 5.74) is 0.0705. The average molecular weight is 352 g/mol. The molecule has 0 aliphatic carbocycles. The van der Waals surface area contributed by atoms with Crippen LogP contribution in [0.1, 0.15) is 13.8 Å². The van der Waals surface area contributed by atoms with Crippen molar-refractivity contribution in [2.24, 2.45) is 0 Å². The van der Waals surface area contributed by atoms with Gasteiger partial charge >= 0.3 is 0 Å². The number of hydrogen-bond acceptors (Lipinski definition) is 3. The molecule has 0 aliphatic heterocycles. The maximum Gasteiger partial charge on any atom is 0.265 e. The van der Waals surface area contributed by atoms with Gasteiger partial charge in [0.25, 0.3) is 5.91 Å². The van der Waals surface area contributed by atoms with Crippen LogP contribution in [0, 0.1) is 17.5 Å². The molecule has 2 N–H and O–H groups in total. The molecule has 0 saturated heterocycles. The van der Waals surface area contributed by atoms with E-state index in [1.54, 1.807) is 12.1 Å². The van der Waals surface area contributed by atoms with Gasteiger partial charge in [0.1, 0.15) is 5.75 Å². The quantitative estimate of drug-likeness (QED) is 0.810. The lowest BCUT2D eigenvalue weighted by Crippen LogP contribution is -2.30.